The molecular formula is C5H11Cl3Se. The molecule has 0 aliphatic heterocycles. The maximum atomic E-state index is 5.92. The average molecular weight is 256 g/mol. The minimum atomic E-state index is -2.17. The summed E-state index contributed by atoms with van der Waals surface area (Å²) in [7, 11) is 11.8. The molecule has 0 rings (SSSR count). The summed E-state index contributed by atoms with van der Waals surface area (Å²) in [5, 5.41) is 0.0880. The third-order valence-corrected chi connectivity index (χ3v) is 8.53. The van der Waals surface area contributed by atoms with Crippen LogP contribution in [0.25, 0.3) is 0 Å². The third kappa shape index (κ3) is 3.95. The van der Waals surface area contributed by atoms with Gasteiger partial charge in [-0.2, -0.15) is 0 Å². The molecule has 0 aliphatic rings. The fourth-order valence-corrected chi connectivity index (χ4v) is 4.93. The summed E-state index contributed by atoms with van der Waals surface area (Å²) in [5.41, 5.74) is 0. The Bertz CT molecular complexity index is 86.7. The molecule has 0 saturated heterocycles. The summed E-state index contributed by atoms with van der Waals surface area (Å²) < 4.78 is 0. The first-order chi connectivity index (χ1) is 3.85. The molecule has 58 valence electrons. The van der Waals surface area contributed by atoms with E-state index in [1.54, 1.807) is 0 Å². The van der Waals surface area contributed by atoms with Gasteiger partial charge in [-0.15, -0.1) is 0 Å². The van der Waals surface area contributed by atoms with Crippen LogP contribution in [0.5, 0.6) is 0 Å². The second kappa shape index (κ2) is 3.69. The second-order valence-corrected chi connectivity index (χ2v) is 15.2. The van der Waals surface area contributed by atoms with E-state index in [0.29, 0.717) is 0 Å². The van der Waals surface area contributed by atoms with E-state index in [0.717, 1.165) is 0 Å². The monoisotopic (exact) mass is 256 g/mol. The van der Waals surface area contributed by atoms with E-state index in [4.69, 9.17) is 31.8 Å². The van der Waals surface area contributed by atoms with Crippen molar-refractivity contribution in [3.05, 3.63) is 0 Å². The summed E-state index contributed by atoms with van der Waals surface area (Å²) in [5.74, 6) is 1.91. The first kappa shape index (κ1) is 10.4. The summed E-state index contributed by atoms with van der Waals surface area (Å²) >= 11 is 3.61. The zero-order chi connectivity index (χ0) is 7.65. The van der Waals surface area contributed by atoms with Crippen molar-refractivity contribution in [1.82, 2.24) is 0 Å². The molecule has 4 heteroatoms. The topological polar surface area (TPSA) is 0 Å². The third-order valence-electron chi connectivity index (χ3n) is 1.30. The van der Waals surface area contributed by atoms with Gasteiger partial charge in [-0.3, -0.25) is 0 Å². The van der Waals surface area contributed by atoms with Crippen molar-refractivity contribution in [2.75, 3.05) is 0 Å². The van der Waals surface area contributed by atoms with Crippen molar-refractivity contribution in [1.29, 1.82) is 0 Å². The molecular weight excluding hydrogens is 245 g/mol. The van der Waals surface area contributed by atoms with E-state index >= 15 is 0 Å². The van der Waals surface area contributed by atoms with Crippen LogP contribution in [0.15, 0.2) is 0 Å². The molecule has 0 bridgehead atoms. The van der Waals surface area contributed by atoms with E-state index in [9.17, 15) is 0 Å². The Kier molecular flexibility index (Phi) is 4.26. The summed E-state index contributed by atoms with van der Waals surface area (Å²) in [6.45, 7) is 3.92. The van der Waals surface area contributed by atoms with Crippen LogP contribution in [0.3, 0.4) is 0 Å². The quantitative estimate of drug-likeness (QED) is 0.523. The molecule has 0 spiro atoms. The molecule has 0 unspecified atom stereocenters. The molecule has 0 heterocycles. The van der Waals surface area contributed by atoms with Gasteiger partial charge in [0.15, 0.2) is 0 Å². The average Bonchev–Trinajstić information content (AvgIpc) is 1.62. The van der Waals surface area contributed by atoms with Gasteiger partial charge in [0.2, 0.25) is 0 Å². The number of halogens is 3. The van der Waals surface area contributed by atoms with Crippen molar-refractivity contribution in [2.24, 2.45) is 0 Å². The molecule has 0 fully saturated rings. The van der Waals surface area contributed by atoms with Gasteiger partial charge >= 0.3 is 72.7 Å². The molecule has 0 radical (unpaired) electrons. The molecule has 0 nitrogen and oxygen atoms in total. The molecule has 9 heavy (non-hydrogen) atoms. The first-order valence-corrected chi connectivity index (χ1v) is 10.3. The van der Waals surface area contributed by atoms with Crippen LogP contribution in [-0.4, -0.2) is 16.4 Å². The standard InChI is InChI=1S/C5H11Cl3Se/c1-4(6)5(2)9(3,7)8/h4-5H,1-3H3/t4-,5+/m1/s1. The molecule has 0 saturated carbocycles. The predicted molar refractivity (Wildman–Crippen MR) is 48.1 cm³/mol. The van der Waals surface area contributed by atoms with Crippen molar-refractivity contribution in [2.45, 2.75) is 29.9 Å². The van der Waals surface area contributed by atoms with Gasteiger partial charge < -0.3 is 0 Å². The minimum absolute atomic E-state index is 0.0880. The molecule has 0 aromatic heterocycles. The number of hydrogen-bond acceptors (Lipinski definition) is 0. The summed E-state index contributed by atoms with van der Waals surface area (Å²) in [6.07, 6.45) is 0. The van der Waals surface area contributed by atoms with E-state index in [1.807, 2.05) is 19.7 Å². The Hall–Kier alpha value is 1.39. The SMILES string of the molecule is C[C@@H](Cl)[C@H](C)[Se](C)(Cl)Cl. The summed E-state index contributed by atoms with van der Waals surface area (Å²) in [6, 6.07) is 0. The first-order valence-electron chi connectivity index (χ1n) is 2.66. The fraction of sp³-hybridized carbons (Fsp3) is 1.00. The number of rotatable bonds is 2. The van der Waals surface area contributed by atoms with Crippen LogP contribution in [0.4, 0.5) is 0 Å². The zero-order valence-corrected chi connectivity index (χ0v) is 9.68. The van der Waals surface area contributed by atoms with Crippen molar-refractivity contribution in [3.63, 3.8) is 0 Å². The van der Waals surface area contributed by atoms with Crippen LogP contribution in [0.2, 0.25) is 10.6 Å². The van der Waals surface area contributed by atoms with Crippen LogP contribution < -0.4 is 0 Å². The van der Waals surface area contributed by atoms with Crippen LogP contribution in [-0.2, 0) is 0 Å². The van der Waals surface area contributed by atoms with Crippen LogP contribution in [0.1, 0.15) is 13.8 Å². The molecule has 0 aromatic carbocycles. The van der Waals surface area contributed by atoms with Gasteiger partial charge in [-0.1, -0.05) is 0 Å². The molecule has 0 aliphatic carbocycles. The van der Waals surface area contributed by atoms with Crippen molar-refractivity contribution >= 4 is 42.8 Å². The second-order valence-electron chi connectivity index (χ2n) is 2.16. The van der Waals surface area contributed by atoms with E-state index in [2.05, 4.69) is 0 Å². The Balaban J connectivity index is 3.88. The maximum absolute atomic E-state index is 5.92. The van der Waals surface area contributed by atoms with Crippen LogP contribution >= 0.6 is 31.8 Å². The van der Waals surface area contributed by atoms with Gasteiger partial charge in [-0.25, -0.2) is 0 Å². The Morgan fingerprint density at radius 2 is 1.56 bits per heavy atom. The number of alkyl halides is 1. The number of hydrogen-bond donors (Lipinski definition) is 0. The van der Waals surface area contributed by atoms with Gasteiger partial charge in [0, 0.05) is 0 Å². The van der Waals surface area contributed by atoms with E-state index in [-0.39, 0.29) is 10.2 Å². The van der Waals surface area contributed by atoms with Crippen LogP contribution in [0, 0.1) is 0 Å². The van der Waals surface area contributed by atoms with Gasteiger partial charge in [-0.05, 0) is 0 Å². The normalized spacial score (nSPS) is 21.1. The van der Waals surface area contributed by atoms with Crippen molar-refractivity contribution in [3.8, 4) is 0 Å². The Morgan fingerprint density at radius 3 is 1.56 bits per heavy atom. The van der Waals surface area contributed by atoms with Gasteiger partial charge in [0.05, 0.1) is 0 Å². The van der Waals surface area contributed by atoms with E-state index < -0.39 is 11.0 Å². The summed E-state index contributed by atoms with van der Waals surface area (Å²) in [4.78, 5) is 0.270. The molecule has 0 N–H and O–H groups in total. The zero-order valence-electron chi connectivity index (χ0n) is 5.70. The Morgan fingerprint density at radius 1 is 1.22 bits per heavy atom. The molecule has 0 amide bonds. The predicted octanol–water partition coefficient (Wildman–Crippen LogP) is 3.55. The fourth-order valence-electron chi connectivity index (χ4n) is 0.329. The van der Waals surface area contributed by atoms with Gasteiger partial charge in [0.1, 0.15) is 0 Å². The Labute approximate surface area is 72.5 Å². The van der Waals surface area contributed by atoms with Crippen molar-refractivity contribution < 1.29 is 0 Å². The molecule has 2 atom stereocenters. The van der Waals surface area contributed by atoms with Gasteiger partial charge in [0.25, 0.3) is 0 Å². The molecule has 0 aromatic rings. The van der Waals surface area contributed by atoms with E-state index in [1.165, 1.54) is 0 Å².